The van der Waals surface area contributed by atoms with Crippen LogP contribution in [0.3, 0.4) is 0 Å². The fourth-order valence-corrected chi connectivity index (χ4v) is 2.77. The largest absolute Gasteiger partial charge is 0.310 e. The van der Waals surface area contributed by atoms with Gasteiger partial charge < -0.3 is 5.32 Å². The summed E-state index contributed by atoms with van der Waals surface area (Å²) < 4.78 is 2.02. The predicted octanol–water partition coefficient (Wildman–Crippen LogP) is 3.27. The summed E-state index contributed by atoms with van der Waals surface area (Å²) >= 11 is 0. The molecule has 3 heteroatoms. The maximum absolute atomic E-state index is 4.56. The van der Waals surface area contributed by atoms with E-state index in [0.717, 1.165) is 12.5 Å². The van der Waals surface area contributed by atoms with Gasteiger partial charge in [0.25, 0.3) is 0 Å². The molecule has 1 aromatic heterocycles. The van der Waals surface area contributed by atoms with Gasteiger partial charge in [0.05, 0.1) is 5.69 Å². The normalized spacial score (nSPS) is 17.1. The summed E-state index contributed by atoms with van der Waals surface area (Å²) in [6.07, 6.45) is 6.72. The highest BCUT2D eigenvalue weighted by Gasteiger charge is 2.25. The van der Waals surface area contributed by atoms with Crippen LogP contribution < -0.4 is 5.32 Å². The van der Waals surface area contributed by atoms with E-state index in [1.54, 1.807) is 0 Å². The molecule has 1 unspecified atom stereocenters. The van der Waals surface area contributed by atoms with Gasteiger partial charge >= 0.3 is 0 Å². The lowest BCUT2D eigenvalue weighted by molar-refractivity contribution is 0.466. The molecule has 0 spiro atoms. The van der Waals surface area contributed by atoms with E-state index >= 15 is 0 Å². The number of nitrogens with zero attached hydrogens (tertiary/aromatic N) is 2. The molecule has 0 bridgehead atoms. The van der Waals surface area contributed by atoms with E-state index in [-0.39, 0.29) is 0 Å². The van der Waals surface area contributed by atoms with Gasteiger partial charge in [0.15, 0.2) is 0 Å². The van der Waals surface area contributed by atoms with Gasteiger partial charge in [-0.25, -0.2) is 0 Å². The van der Waals surface area contributed by atoms with Crippen molar-refractivity contribution < 1.29 is 0 Å². The average Bonchev–Trinajstić information content (AvgIpc) is 3.11. The van der Waals surface area contributed by atoms with Gasteiger partial charge in [0, 0.05) is 24.3 Å². The molecular formula is C15H27N3. The first kappa shape index (κ1) is 13.6. The summed E-state index contributed by atoms with van der Waals surface area (Å²) in [6.45, 7) is 7.66. The van der Waals surface area contributed by atoms with Crippen molar-refractivity contribution in [2.24, 2.45) is 13.0 Å². The van der Waals surface area contributed by atoms with Gasteiger partial charge in [-0.2, -0.15) is 5.10 Å². The molecule has 1 atom stereocenters. The molecule has 0 aliphatic heterocycles. The summed E-state index contributed by atoms with van der Waals surface area (Å²) in [5.41, 5.74) is 3.95. The van der Waals surface area contributed by atoms with Gasteiger partial charge in [-0.05, 0) is 45.6 Å². The molecule has 1 aromatic rings. The maximum atomic E-state index is 4.56. The number of rotatable bonds is 7. The Labute approximate surface area is 111 Å². The predicted molar refractivity (Wildman–Crippen MR) is 75.7 cm³/mol. The third-order valence-corrected chi connectivity index (χ3v) is 4.11. The van der Waals surface area contributed by atoms with Gasteiger partial charge in [-0.1, -0.05) is 19.8 Å². The molecule has 1 saturated carbocycles. The van der Waals surface area contributed by atoms with Crippen molar-refractivity contribution in [2.75, 3.05) is 6.54 Å². The minimum atomic E-state index is 0.499. The van der Waals surface area contributed by atoms with E-state index in [2.05, 4.69) is 31.2 Å². The first-order valence-corrected chi connectivity index (χ1v) is 7.37. The molecule has 2 rings (SSSR count). The lowest BCUT2D eigenvalue weighted by atomic mass is 9.98. The molecule has 0 amide bonds. The van der Waals surface area contributed by atoms with Crippen LogP contribution in [0.15, 0.2) is 0 Å². The molecule has 1 aliphatic rings. The van der Waals surface area contributed by atoms with Crippen molar-refractivity contribution >= 4 is 0 Å². The van der Waals surface area contributed by atoms with Crippen molar-refractivity contribution in [3.8, 4) is 0 Å². The summed E-state index contributed by atoms with van der Waals surface area (Å²) in [7, 11) is 2.05. The van der Waals surface area contributed by atoms with Crippen LogP contribution in [0.1, 0.15) is 62.0 Å². The minimum absolute atomic E-state index is 0.499. The molecule has 0 aromatic carbocycles. The van der Waals surface area contributed by atoms with Crippen molar-refractivity contribution in [1.82, 2.24) is 15.1 Å². The van der Waals surface area contributed by atoms with E-state index in [9.17, 15) is 0 Å². The SMILES string of the molecule is CCCNC(CCC1CC1)c1c(C)nn(C)c1C. The monoisotopic (exact) mass is 249 g/mol. The first-order chi connectivity index (χ1) is 8.63. The maximum Gasteiger partial charge on any atom is 0.0644 e. The van der Waals surface area contributed by atoms with E-state index in [1.165, 1.54) is 49.1 Å². The van der Waals surface area contributed by atoms with Crippen LogP contribution in [0, 0.1) is 19.8 Å². The van der Waals surface area contributed by atoms with E-state index < -0.39 is 0 Å². The quantitative estimate of drug-likeness (QED) is 0.804. The van der Waals surface area contributed by atoms with Crippen LogP contribution in [-0.2, 0) is 7.05 Å². The van der Waals surface area contributed by atoms with E-state index in [4.69, 9.17) is 0 Å². The average molecular weight is 249 g/mol. The van der Waals surface area contributed by atoms with Crippen LogP contribution in [0.2, 0.25) is 0 Å². The summed E-state index contributed by atoms with van der Waals surface area (Å²) in [6, 6.07) is 0.499. The Kier molecular flexibility index (Phi) is 4.44. The number of aromatic nitrogens is 2. The van der Waals surface area contributed by atoms with Gasteiger partial charge in [0.1, 0.15) is 0 Å². The van der Waals surface area contributed by atoms with Crippen molar-refractivity contribution in [1.29, 1.82) is 0 Å². The topological polar surface area (TPSA) is 29.9 Å². The second-order valence-electron chi connectivity index (χ2n) is 5.74. The Balaban J connectivity index is 2.09. The summed E-state index contributed by atoms with van der Waals surface area (Å²) in [5.74, 6) is 1.01. The zero-order valence-electron chi connectivity index (χ0n) is 12.3. The number of hydrogen-bond acceptors (Lipinski definition) is 2. The van der Waals surface area contributed by atoms with Crippen molar-refractivity contribution in [3.05, 3.63) is 17.0 Å². The second kappa shape index (κ2) is 5.87. The Bertz CT molecular complexity index is 391. The Hall–Kier alpha value is -0.830. The fourth-order valence-electron chi connectivity index (χ4n) is 2.77. The van der Waals surface area contributed by atoms with Crippen molar-refractivity contribution in [2.45, 2.75) is 58.9 Å². The van der Waals surface area contributed by atoms with E-state index in [1.807, 2.05) is 11.7 Å². The third-order valence-electron chi connectivity index (χ3n) is 4.11. The van der Waals surface area contributed by atoms with Crippen LogP contribution in [0.25, 0.3) is 0 Å². The van der Waals surface area contributed by atoms with Crippen LogP contribution in [-0.4, -0.2) is 16.3 Å². The molecule has 0 radical (unpaired) electrons. The van der Waals surface area contributed by atoms with Crippen LogP contribution in [0.4, 0.5) is 0 Å². The van der Waals surface area contributed by atoms with Crippen molar-refractivity contribution in [3.63, 3.8) is 0 Å². The molecule has 1 heterocycles. The highest BCUT2D eigenvalue weighted by atomic mass is 15.3. The first-order valence-electron chi connectivity index (χ1n) is 7.37. The van der Waals surface area contributed by atoms with Gasteiger partial charge in [-0.3, -0.25) is 4.68 Å². The van der Waals surface area contributed by atoms with Crippen LogP contribution in [0.5, 0.6) is 0 Å². The Morgan fingerprint density at radius 1 is 1.39 bits per heavy atom. The van der Waals surface area contributed by atoms with Crippen LogP contribution >= 0.6 is 0 Å². The standard InChI is InChI=1S/C15H27N3/c1-5-10-16-14(9-8-13-6-7-13)15-11(2)17-18(4)12(15)3/h13-14,16H,5-10H2,1-4H3. The summed E-state index contributed by atoms with van der Waals surface area (Å²) in [4.78, 5) is 0. The molecular weight excluding hydrogens is 222 g/mol. The highest BCUT2D eigenvalue weighted by Crippen LogP contribution is 2.36. The molecule has 0 saturated heterocycles. The molecule has 102 valence electrons. The summed E-state index contributed by atoms with van der Waals surface area (Å²) in [5, 5.41) is 8.27. The molecule has 3 nitrogen and oxygen atoms in total. The Morgan fingerprint density at radius 3 is 2.61 bits per heavy atom. The number of hydrogen-bond donors (Lipinski definition) is 1. The minimum Gasteiger partial charge on any atom is -0.310 e. The molecule has 1 fully saturated rings. The smallest absolute Gasteiger partial charge is 0.0644 e. The number of aryl methyl sites for hydroxylation is 2. The second-order valence-corrected chi connectivity index (χ2v) is 5.74. The van der Waals surface area contributed by atoms with Gasteiger partial charge in [-0.15, -0.1) is 0 Å². The third kappa shape index (κ3) is 3.14. The Morgan fingerprint density at radius 2 is 2.11 bits per heavy atom. The number of nitrogens with one attached hydrogen (secondary N) is 1. The lowest BCUT2D eigenvalue weighted by Gasteiger charge is -2.19. The molecule has 1 N–H and O–H groups in total. The zero-order chi connectivity index (χ0) is 13.1. The molecule has 18 heavy (non-hydrogen) atoms. The van der Waals surface area contributed by atoms with Gasteiger partial charge in [0.2, 0.25) is 0 Å². The fraction of sp³-hybridized carbons (Fsp3) is 0.800. The highest BCUT2D eigenvalue weighted by molar-refractivity contribution is 5.28. The molecule has 1 aliphatic carbocycles. The van der Waals surface area contributed by atoms with E-state index in [0.29, 0.717) is 6.04 Å². The zero-order valence-corrected chi connectivity index (χ0v) is 12.3. The lowest BCUT2D eigenvalue weighted by Crippen LogP contribution is -2.23.